The van der Waals surface area contributed by atoms with Gasteiger partial charge in [0.25, 0.3) is 0 Å². The lowest BCUT2D eigenvalue weighted by molar-refractivity contribution is 0.176. The Morgan fingerprint density at radius 1 is 1.27 bits per heavy atom. The van der Waals surface area contributed by atoms with Crippen molar-refractivity contribution in [3.8, 4) is 0 Å². The maximum Gasteiger partial charge on any atom is 0.113 e. The Labute approximate surface area is 94.7 Å². The van der Waals surface area contributed by atoms with Gasteiger partial charge in [0.1, 0.15) is 5.76 Å². The second-order valence-corrected chi connectivity index (χ2v) is 4.06. The molecule has 1 atom stereocenters. The molecule has 1 aromatic rings. The lowest BCUT2D eigenvalue weighted by atomic mass is 10.0. The summed E-state index contributed by atoms with van der Waals surface area (Å²) in [5.74, 6) is 0.878. The molecule has 3 heteroatoms. The van der Waals surface area contributed by atoms with Crippen LogP contribution < -0.4 is 5.73 Å². The zero-order chi connectivity index (χ0) is 10.7. The second kappa shape index (κ2) is 4.69. The van der Waals surface area contributed by atoms with Crippen molar-refractivity contribution in [1.82, 2.24) is 0 Å². The summed E-state index contributed by atoms with van der Waals surface area (Å²) in [5, 5.41) is 0.726. The van der Waals surface area contributed by atoms with Crippen molar-refractivity contribution in [2.75, 3.05) is 6.61 Å². The third kappa shape index (κ3) is 2.52. The highest BCUT2D eigenvalue weighted by Crippen LogP contribution is 2.24. The summed E-state index contributed by atoms with van der Waals surface area (Å²) in [6, 6.07) is 7.40. The van der Waals surface area contributed by atoms with Gasteiger partial charge >= 0.3 is 0 Å². The predicted octanol–water partition coefficient (Wildman–Crippen LogP) is 3.03. The van der Waals surface area contributed by atoms with Gasteiger partial charge in [0.05, 0.1) is 12.6 Å². The lowest BCUT2D eigenvalue weighted by Crippen LogP contribution is -2.17. The molecule has 15 heavy (non-hydrogen) atoms. The standard InChI is InChI=1S/C12H14ClNO/c13-10-6-4-9(5-7-10)12(14)11-3-1-2-8-15-11/h3-7,12H,1-2,8,14H2. The van der Waals surface area contributed by atoms with Gasteiger partial charge in [0.15, 0.2) is 0 Å². The number of ether oxygens (including phenoxy) is 1. The second-order valence-electron chi connectivity index (χ2n) is 3.63. The van der Waals surface area contributed by atoms with Crippen molar-refractivity contribution >= 4 is 11.6 Å². The van der Waals surface area contributed by atoms with Crippen LogP contribution in [0.4, 0.5) is 0 Å². The molecule has 1 heterocycles. The summed E-state index contributed by atoms with van der Waals surface area (Å²) in [6.45, 7) is 0.771. The molecule has 0 amide bonds. The van der Waals surface area contributed by atoms with E-state index in [-0.39, 0.29) is 6.04 Å². The van der Waals surface area contributed by atoms with Crippen LogP contribution in [-0.4, -0.2) is 6.61 Å². The van der Waals surface area contributed by atoms with E-state index in [2.05, 4.69) is 6.08 Å². The monoisotopic (exact) mass is 223 g/mol. The third-order valence-electron chi connectivity index (χ3n) is 2.50. The fourth-order valence-electron chi connectivity index (χ4n) is 1.63. The minimum absolute atomic E-state index is 0.164. The van der Waals surface area contributed by atoms with Crippen LogP contribution in [0, 0.1) is 0 Å². The summed E-state index contributed by atoms with van der Waals surface area (Å²) in [6.07, 6.45) is 4.20. The Morgan fingerprint density at radius 2 is 2.00 bits per heavy atom. The van der Waals surface area contributed by atoms with Crippen LogP contribution >= 0.6 is 11.6 Å². The van der Waals surface area contributed by atoms with Crippen LogP contribution in [0.25, 0.3) is 0 Å². The van der Waals surface area contributed by atoms with E-state index < -0.39 is 0 Å². The number of allylic oxidation sites excluding steroid dienone is 1. The third-order valence-corrected chi connectivity index (χ3v) is 2.75. The summed E-state index contributed by atoms with van der Waals surface area (Å²) >= 11 is 5.82. The Hall–Kier alpha value is -0.990. The summed E-state index contributed by atoms with van der Waals surface area (Å²) in [7, 11) is 0. The quantitative estimate of drug-likeness (QED) is 0.837. The molecule has 1 aliphatic heterocycles. The van der Waals surface area contributed by atoms with Gasteiger partial charge in [-0.15, -0.1) is 0 Å². The van der Waals surface area contributed by atoms with Gasteiger partial charge in [-0.05, 0) is 36.6 Å². The molecule has 0 aromatic heterocycles. The maximum absolute atomic E-state index is 6.08. The molecule has 1 aromatic carbocycles. The molecule has 0 saturated heterocycles. The number of nitrogens with two attached hydrogens (primary N) is 1. The zero-order valence-corrected chi connectivity index (χ0v) is 9.20. The van der Waals surface area contributed by atoms with Gasteiger partial charge in [-0.3, -0.25) is 0 Å². The van der Waals surface area contributed by atoms with Gasteiger partial charge in [-0.1, -0.05) is 23.7 Å². The summed E-state index contributed by atoms with van der Waals surface area (Å²) in [5.41, 5.74) is 7.12. The van der Waals surface area contributed by atoms with Gasteiger partial charge < -0.3 is 10.5 Å². The molecule has 1 aliphatic rings. The van der Waals surface area contributed by atoms with Crippen LogP contribution in [0.1, 0.15) is 24.4 Å². The maximum atomic E-state index is 6.08. The summed E-state index contributed by atoms with van der Waals surface area (Å²) in [4.78, 5) is 0. The topological polar surface area (TPSA) is 35.2 Å². The van der Waals surface area contributed by atoms with Crippen LogP contribution in [0.2, 0.25) is 5.02 Å². The van der Waals surface area contributed by atoms with E-state index in [9.17, 15) is 0 Å². The highest BCUT2D eigenvalue weighted by Gasteiger charge is 2.15. The Balaban J connectivity index is 2.16. The molecular formula is C12H14ClNO. The van der Waals surface area contributed by atoms with Crippen LogP contribution in [0.5, 0.6) is 0 Å². The molecular weight excluding hydrogens is 210 g/mol. The van der Waals surface area contributed by atoms with Crippen molar-refractivity contribution < 1.29 is 4.74 Å². The van der Waals surface area contributed by atoms with E-state index in [0.29, 0.717) is 0 Å². The summed E-state index contributed by atoms with van der Waals surface area (Å²) < 4.78 is 5.53. The first kappa shape index (κ1) is 10.5. The van der Waals surface area contributed by atoms with Gasteiger partial charge in [0.2, 0.25) is 0 Å². The minimum atomic E-state index is -0.164. The average Bonchev–Trinajstić information content (AvgIpc) is 2.30. The highest BCUT2D eigenvalue weighted by atomic mass is 35.5. The van der Waals surface area contributed by atoms with Crippen LogP contribution in [0.15, 0.2) is 36.1 Å². The number of hydrogen-bond acceptors (Lipinski definition) is 2. The normalized spacial score (nSPS) is 17.9. The van der Waals surface area contributed by atoms with E-state index in [1.807, 2.05) is 24.3 Å². The Morgan fingerprint density at radius 3 is 2.60 bits per heavy atom. The van der Waals surface area contributed by atoms with E-state index >= 15 is 0 Å². The predicted molar refractivity (Wildman–Crippen MR) is 61.6 cm³/mol. The smallest absolute Gasteiger partial charge is 0.113 e. The SMILES string of the molecule is NC(C1=CCCCO1)c1ccc(Cl)cc1. The molecule has 2 rings (SSSR count). The van der Waals surface area contributed by atoms with Gasteiger partial charge in [0, 0.05) is 5.02 Å². The van der Waals surface area contributed by atoms with E-state index in [4.69, 9.17) is 22.1 Å². The molecule has 0 radical (unpaired) electrons. The molecule has 0 spiro atoms. The first-order valence-corrected chi connectivity index (χ1v) is 5.49. The fourth-order valence-corrected chi connectivity index (χ4v) is 1.75. The molecule has 2 nitrogen and oxygen atoms in total. The first-order chi connectivity index (χ1) is 7.27. The number of halogens is 1. The number of benzene rings is 1. The van der Waals surface area contributed by atoms with E-state index in [1.54, 1.807) is 0 Å². The van der Waals surface area contributed by atoms with Crippen LogP contribution in [-0.2, 0) is 4.74 Å². The molecule has 0 saturated carbocycles. The van der Waals surface area contributed by atoms with Gasteiger partial charge in [-0.25, -0.2) is 0 Å². The van der Waals surface area contributed by atoms with Crippen LogP contribution in [0.3, 0.4) is 0 Å². The lowest BCUT2D eigenvalue weighted by Gasteiger charge is -2.20. The molecule has 80 valence electrons. The average molecular weight is 224 g/mol. The fraction of sp³-hybridized carbons (Fsp3) is 0.333. The highest BCUT2D eigenvalue weighted by molar-refractivity contribution is 6.30. The van der Waals surface area contributed by atoms with Crippen molar-refractivity contribution in [2.45, 2.75) is 18.9 Å². The zero-order valence-electron chi connectivity index (χ0n) is 8.45. The van der Waals surface area contributed by atoms with Crippen molar-refractivity contribution in [1.29, 1.82) is 0 Å². The van der Waals surface area contributed by atoms with Crippen molar-refractivity contribution in [3.05, 3.63) is 46.7 Å². The number of rotatable bonds is 2. The molecule has 0 aliphatic carbocycles. The molecule has 1 unspecified atom stereocenters. The minimum Gasteiger partial charge on any atom is -0.496 e. The molecule has 0 bridgehead atoms. The Bertz CT molecular complexity index is 358. The van der Waals surface area contributed by atoms with Gasteiger partial charge in [-0.2, -0.15) is 0 Å². The van der Waals surface area contributed by atoms with E-state index in [0.717, 1.165) is 35.8 Å². The first-order valence-electron chi connectivity index (χ1n) is 5.11. The van der Waals surface area contributed by atoms with E-state index in [1.165, 1.54) is 0 Å². The molecule has 2 N–H and O–H groups in total. The molecule has 0 fully saturated rings. The Kier molecular flexibility index (Phi) is 3.29. The number of hydrogen-bond donors (Lipinski definition) is 1. The van der Waals surface area contributed by atoms with Crippen molar-refractivity contribution in [2.24, 2.45) is 5.73 Å². The largest absolute Gasteiger partial charge is 0.496 e. The van der Waals surface area contributed by atoms with Crippen molar-refractivity contribution in [3.63, 3.8) is 0 Å².